The molecule has 5 heteroatoms. The number of nitrogens with zero attached hydrogens (tertiary/aromatic N) is 2. The molecule has 0 aliphatic heterocycles. The summed E-state index contributed by atoms with van der Waals surface area (Å²) in [6.07, 6.45) is 3.02. The number of aromatic nitrogens is 2. The molecule has 31 heavy (non-hydrogen) atoms. The van der Waals surface area contributed by atoms with Crippen molar-refractivity contribution in [2.45, 2.75) is 59.0 Å². The maximum Gasteiger partial charge on any atom is 0.404 e. The lowest BCUT2D eigenvalue weighted by Crippen LogP contribution is -2.37. The third-order valence-electron chi connectivity index (χ3n) is 5.76. The highest BCUT2D eigenvalue weighted by Crippen LogP contribution is 2.33. The largest absolute Gasteiger partial charge is 0.465 e. The van der Waals surface area contributed by atoms with Gasteiger partial charge in [0.25, 0.3) is 0 Å². The number of hydrogen-bond acceptors (Lipinski definition) is 2. The molecule has 0 radical (unpaired) electrons. The number of imidazole rings is 1. The average molecular weight is 420 g/mol. The molecule has 0 bridgehead atoms. The van der Waals surface area contributed by atoms with E-state index in [1.165, 1.54) is 5.56 Å². The highest BCUT2D eigenvalue weighted by atomic mass is 16.4. The van der Waals surface area contributed by atoms with E-state index < -0.39 is 6.09 Å². The summed E-state index contributed by atoms with van der Waals surface area (Å²) in [5.74, 6) is 1.32. The van der Waals surface area contributed by atoms with Gasteiger partial charge in [-0.1, -0.05) is 87.4 Å². The Balaban J connectivity index is 1.73. The van der Waals surface area contributed by atoms with Gasteiger partial charge in [0, 0.05) is 23.7 Å². The monoisotopic (exact) mass is 419 g/mol. The topological polar surface area (TPSA) is 67.2 Å². The Morgan fingerprint density at radius 2 is 1.58 bits per heavy atom. The number of rotatable bonds is 10. The fourth-order valence-corrected chi connectivity index (χ4v) is 4.07. The molecule has 3 rings (SSSR count). The van der Waals surface area contributed by atoms with Crippen LogP contribution in [0.15, 0.2) is 60.7 Å². The number of aryl methyl sites for hydroxylation is 1. The molecule has 164 valence electrons. The Labute approximate surface area is 185 Å². The molecule has 3 aromatic rings. The zero-order chi connectivity index (χ0) is 22.2. The number of carbonyl (C=O) groups is 1. The number of hydrogen-bond donors (Lipinski definition) is 2. The predicted octanol–water partition coefficient (Wildman–Crippen LogP) is 6.38. The Morgan fingerprint density at radius 3 is 2.16 bits per heavy atom. The van der Waals surface area contributed by atoms with Crippen LogP contribution in [-0.2, 0) is 6.54 Å². The van der Waals surface area contributed by atoms with Crippen molar-refractivity contribution in [1.29, 1.82) is 0 Å². The van der Waals surface area contributed by atoms with Crippen LogP contribution < -0.4 is 5.32 Å². The fourth-order valence-electron chi connectivity index (χ4n) is 4.07. The molecule has 1 amide bonds. The van der Waals surface area contributed by atoms with Crippen molar-refractivity contribution < 1.29 is 9.90 Å². The van der Waals surface area contributed by atoms with E-state index in [-0.39, 0.29) is 6.04 Å². The minimum atomic E-state index is -0.936. The van der Waals surface area contributed by atoms with Gasteiger partial charge in [0.15, 0.2) is 0 Å². The molecule has 5 nitrogen and oxygen atoms in total. The maximum atomic E-state index is 11.0. The highest BCUT2D eigenvalue weighted by molar-refractivity contribution is 5.79. The smallest absolute Gasteiger partial charge is 0.404 e. The zero-order valence-corrected chi connectivity index (χ0v) is 18.7. The van der Waals surface area contributed by atoms with Gasteiger partial charge in [-0.05, 0) is 25.7 Å². The summed E-state index contributed by atoms with van der Waals surface area (Å²) < 4.78 is 2.33. The van der Waals surface area contributed by atoms with Crippen LogP contribution in [-0.4, -0.2) is 26.8 Å². The second-order valence-corrected chi connectivity index (χ2v) is 8.39. The summed E-state index contributed by atoms with van der Waals surface area (Å²) >= 11 is 0. The summed E-state index contributed by atoms with van der Waals surface area (Å²) in [6.45, 7) is 7.10. The highest BCUT2D eigenvalue weighted by Gasteiger charge is 2.18. The molecule has 1 unspecified atom stereocenters. The molecule has 2 N–H and O–H groups in total. The molecular weight excluding hydrogens is 386 g/mol. The van der Waals surface area contributed by atoms with Crippen molar-refractivity contribution in [2.24, 2.45) is 5.92 Å². The predicted molar refractivity (Wildman–Crippen MR) is 126 cm³/mol. The van der Waals surface area contributed by atoms with Crippen molar-refractivity contribution in [3.05, 3.63) is 66.5 Å². The van der Waals surface area contributed by atoms with Crippen molar-refractivity contribution in [3.63, 3.8) is 0 Å². The van der Waals surface area contributed by atoms with Gasteiger partial charge in [-0.2, -0.15) is 0 Å². The summed E-state index contributed by atoms with van der Waals surface area (Å²) in [6, 6.07) is 20.8. The summed E-state index contributed by atoms with van der Waals surface area (Å²) in [7, 11) is 0. The van der Waals surface area contributed by atoms with Crippen molar-refractivity contribution in [1.82, 2.24) is 14.9 Å². The number of nitrogens with one attached hydrogen (secondary N) is 1. The van der Waals surface area contributed by atoms with E-state index in [9.17, 15) is 4.79 Å². The van der Waals surface area contributed by atoms with E-state index in [1.807, 2.05) is 12.1 Å². The van der Waals surface area contributed by atoms with E-state index in [1.54, 1.807) is 0 Å². The lowest BCUT2D eigenvalue weighted by atomic mass is 9.98. The fraction of sp³-hybridized carbons (Fsp3) is 0.385. The molecule has 0 spiro atoms. The van der Waals surface area contributed by atoms with Gasteiger partial charge in [0.1, 0.15) is 5.82 Å². The molecular formula is C26H33N3O2. The van der Waals surface area contributed by atoms with Crippen LogP contribution in [0.25, 0.3) is 22.5 Å². The van der Waals surface area contributed by atoms with Crippen LogP contribution in [0, 0.1) is 12.8 Å². The van der Waals surface area contributed by atoms with Crippen molar-refractivity contribution in [3.8, 4) is 22.5 Å². The van der Waals surface area contributed by atoms with Gasteiger partial charge in [-0.3, -0.25) is 0 Å². The Hall–Kier alpha value is -3.08. The van der Waals surface area contributed by atoms with E-state index in [0.29, 0.717) is 5.92 Å². The molecule has 1 heterocycles. The van der Waals surface area contributed by atoms with Crippen LogP contribution in [0.4, 0.5) is 4.79 Å². The molecule has 0 saturated carbocycles. The Bertz CT molecular complexity index is 965. The molecule has 0 fully saturated rings. The standard InChI is InChI=1S/C26H33N3O2/c1-19(2)23(28-26(30)31)17-11-6-12-18-29-20(3)27-24(21-13-7-4-8-14-21)25(29)22-15-9-5-10-16-22/h4-5,7-10,13-16,19,23,28H,6,11-12,17-18H2,1-3H3,(H,30,31). The minimum absolute atomic E-state index is 0.0112. The number of carboxylic acid groups (broad SMARTS) is 1. The van der Waals surface area contributed by atoms with E-state index >= 15 is 0 Å². The third kappa shape index (κ3) is 5.97. The number of unbranched alkanes of at least 4 members (excludes halogenated alkanes) is 2. The average Bonchev–Trinajstić information content (AvgIpc) is 3.09. The van der Waals surface area contributed by atoms with Gasteiger partial charge >= 0.3 is 6.09 Å². The summed E-state index contributed by atoms with van der Waals surface area (Å²) in [5.41, 5.74) is 4.49. The molecule has 1 atom stereocenters. The number of benzene rings is 2. The SMILES string of the molecule is Cc1nc(-c2ccccc2)c(-c2ccccc2)n1CCCCCC(NC(=O)O)C(C)C. The summed E-state index contributed by atoms with van der Waals surface area (Å²) in [5, 5.41) is 11.7. The lowest BCUT2D eigenvalue weighted by molar-refractivity contribution is 0.184. The maximum absolute atomic E-state index is 11.0. The molecule has 0 aliphatic carbocycles. The Kier molecular flexibility index (Phi) is 7.88. The van der Waals surface area contributed by atoms with Crippen LogP contribution >= 0.6 is 0 Å². The zero-order valence-electron chi connectivity index (χ0n) is 18.7. The van der Waals surface area contributed by atoms with Crippen LogP contribution in [0.5, 0.6) is 0 Å². The molecule has 0 aliphatic rings. The third-order valence-corrected chi connectivity index (χ3v) is 5.76. The molecule has 2 aromatic carbocycles. The van der Waals surface area contributed by atoms with Crippen molar-refractivity contribution in [2.75, 3.05) is 0 Å². The van der Waals surface area contributed by atoms with Crippen LogP contribution in [0.2, 0.25) is 0 Å². The van der Waals surface area contributed by atoms with Crippen LogP contribution in [0.3, 0.4) is 0 Å². The van der Waals surface area contributed by atoms with Gasteiger partial charge < -0.3 is 15.0 Å². The molecule has 0 saturated heterocycles. The summed E-state index contributed by atoms with van der Waals surface area (Å²) in [4.78, 5) is 15.9. The normalized spacial score (nSPS) is 12.1. The van der Waals surface area contributed by atoms with E-state index in [4.69, 9.17) is 10.1 Å². The van der Waals surface area contributed by atoms with Gasteiger partial charge in [-0.15, -0.1) is 0 Å². The second-order valence-electron chi connectivity index (χ2n) is 8.39. The minimum Gasteiger partial charge on any atom is -0.465 e. The van der Waals surface area contributed by atoms with E-state index in [2.05, 4.69) is 79.2 Å². The van der Waals surface area contributed by atoms with Gasteiger partial charge in [-0.25, -0.2) is 9.78 Å². The first-order valence-electron chi connectivity index (χ1n) is 11.1. The van der Waals surface area contributed by atoms with E-state index in [0.717, 1.165) is 55.0 Å². The number of amides is 1. The Morgan fingerprint density at radius 1 is 0.968 bits per heavy atom. The van der Waals surface area contributed by atoms with Gasteiger partial charge in [0.05, 0.1) is 11.4 Å². The first-order valence-corrected chi connectivity index (χ1v) is 11.1. The van der Waals surface area contributed by atoms with Crippen LogP contribution in [0.1, 0.15) is 45.4 Å². The molecule has 1 aromatic heterocycles. The first-order chi connectivity index (χ1) is 15.0. The van der Waals surface area contributed by atoms with Gasteiger partial charge in [0.2, 0.25) is 0 Å². The first kappa shape index (κ1) is 22.6. The quantitative estimate of drug-likeness (QED) is 0.375. The van der Waals surface area contributed by atoms with Crippen molar-refractivity contribution >= 4 is 6.09 Å². The second kappa shape index (κ2) is 10.8. The lowest BCUT2D eigenvalue weighted by Gasteiger charge is -2.20.